The van der Waals surface area contributed by atoms with Crippen LogP contribution in [0.3, 0.4) is 0 Å². The van der Waals surface area contributed by atoms with Gasteiger partial charge in [-0.2, -0.15) is 0 Å². The van der Waals surface area contributed by atoms with Crippen molar-refractivity contribution in [1.29, 1.82) is 0 Å². The summed E-state index contributed by atoms with van der Waals surface area (Å²) in [5.74, 6) is 0. The van der Waals surface area contributed by atoms with Crippen LogP contribution in [-0.4, -0.2) is 4.57 Å². The van der Waals surface area contributed by atoms with E-state index in [-0.39, 0.29) is 0 Å². The summed E-state index contributed by atoms with van der Waals surface area (Å²) < 4.78 is 11.6. The summed E-state index contributed by atoms with van der Waals surface area (Å²) in [6.07, 6.45) is 0. The number of furan rings is 1. The second kappa shape index (κ2) is 10.3. The topological polar surface area (TPSA) is 18.1 Å². The maximum absolute atomic E-state index is 6.55. The summed E-state index contributed by atoms with van der Waals surface area (Å²) in [4.78, 5) is 0. The van der Waals surface area contributed by atoms with Crippen molar-refractivity contribution in [3.8, 4) is 39.1 Å². The van der Waals surface area contributed by atoms with Crippen LogP contribution in [0.2, 0.25) is 0 Å². The van der Waals surface area contributed by atoms with E-state index in [0.717, 1.165) is 33.1 Å². The zero-order valence-electron chi connectivity index (χ0n) is 25.4. The molecule has 220 valence electrons. The summed E-state index contributed by atoms with van der Waals surface area (Å²) >= 11 is 1.88. The molecule has 3 heterocycles. The lowest BCUT2D eigenvalue weighted by molar-refractivity contribution is 0.670. The number of thiophene rings is 1. The van der Waals surface area contributed by atoms with E-state index in [2.05, 4.69) is 168 Å². The molecule has 0 spiro atoms. The van der Waals surface area contributed by atoms with Gasteiger partial charge >= 0.3 is 0 Å². The van der Waals surface area contributed by atoms with Gasteiger partial charge in [0.15, 0.2) is 0 Å². The Hall–Kier alpha value is -5.90. The third-order valence-electron chi connectivity index (χ3n) is 9.40. The maximum atomic E-state index is 6.55. The molecule has 2 nitrogen and oxygen atoms in total. The van der Waals surface area contributed by atoms with Crippen LogP contribution in [0.1, 0.15) is 0 Å². The molecule has 0 saturated heterocycles. The van der Waals surface area contributed by atoms with Crippen molar-refractivity contribution < 1.29 is 4.42 Å². The Labute approximate surface area is 275 Å². The van der Waals surface area contributed by atoms with Crippen LogP contribution >= 0.6 is 11.3 Å². The number of para-hydroxylation sites is 3. The molecule has 0 amide bonds. The molecule has 0 N–H and O–H groups in total. The molecule has 7 aromatic carbocycles. The Morgan fingerprint density at radius 2 is 1.11 bits per heavy atom. The molecule has 0 atom stereocenters. The molecule has 0 saturated carbocycles. The average Bonchev–Trinajstić information content (AvgIpc) is 3.81. The predicted octanol–water partition coefficient (Wildman–Crippen LogP) is 12.9. The second-order valence-corrected chi connectivity index (χ2v) is 13.2. The van der Waals surface area contributed by atoms with Crippen molar-refractivity contribution >= 4 is 64.5 Å². The molecule has 10 aromatic rings. The van der Waals surface area contributed by atoms with Crippen LogP contribution in [0, 0.1) is 0 Å². The van der Waals surface area contributed by atoms with Crippen LogP contribution in [0.5, 0.6) is 0 Å². The Kier molecular flexibility index (Phi) is 5.78. The van der Waals surface area contributed by atoms with E-state index in [1.54, 1.807) is 0 Å². The first-order valence-electron chi connectivity index (χ1n) is 15.9. The van der Waals surface area contributed by atoms with Crippen LogP contribution in [0.4, 0.5) is 0 Å². The Morgan fingerprint density at radius 3 is 2.00 bits per heavy atom. The SMILES string of the molecule is c1ccc(-c2ccc3oc4c(-c5cccc(-c6ccc7sc8c9ccccc9n(-c9ccccc9)c8c7c6)c5)cccc4c3c2)cc1. The van der Waals surface area contributed by atoms with E-state index in [1.165, 1.54) is 59.1 Å². The number of fused-ring (bicyclic) bond motifs is 8. The molecule has 3 heteroatoms. The summed E-state index contributed by atoms with van der Waals surface area (Å²) in [5.41, 5.74) is 12.6. The van der Waals surface area contributed by atoms with E-state index in [9.17, 15) is 0 Å². The molecule has 0 aliphatic carbocycles. The highest BCUT2D eigenvalue weighted by molar-refractivity contribution is 7.26. The maximum Gasteiger partial charge on any atom is 0.143 e. The van der Waals surface area contributed by atoms with Gasteiger partial charge in [-0.05, 0) is 76.3 Å². The smallest absolute Gasteiger partial charge is 0.143 e. The molecule has 0 bridgehead atoms. The minimum absolute atomic E-state index is 0.906. The van der Waals surface area contributed by atoms with Crippen molar-refractivity contribution in [3.63, 3.8) is 0 Å². The molecule has 0 aliphatic rings. The highest BCUT2D eigenvalue weighted by Crippen LogP contribution is 2.44. The van der Waals surface area contributed by atoms with Crippen molar-refractivity contribution in [2.24, 2.45) is 0 Å². The van der Waals surface area contributed by atoms with Gasteiger partial charge in [-0.1, -0.05) is 115 Å². The quantitative estimate of drug-likeness (QED) is 0.192. The van der Waals surface area contributed by atoms with Gasteiger partial charge in [-0.3, -0.25) is 0 Å². The summed E-state index contributed by atoms with van der Waals surface area (Å²) in [6.45, 7) is 0. The number of nitrogens with zero attached hydrogens (tertiary/aromatic N) is 1. The summed E-state index contributed by atoms with van der Waals surface area (Å²) in [6, 6.07) is 58.8. The normalized spacial score (nSPS) is 11.8. The van der Waals surface area contributed by atoms with Crippen molar-refractivity contribution in [1.82, 2.24) is 4.57 Å². The number of aromatic nitrogens is 1. The van der Waals surface area contributed by atoms with Gasteiger partial charge < -0.3 is 8.98 Å². The van der Waals surface area contributed by atoms with Crippen LogP contribution in [0.25, 0.3) is 92.2 Å². The lowest BCUT2D eigenvalue weighted by Gasteiger charge is -2.09. The van der Waals surface area contributed by atoms with E-state index >= 15 is 0 Å². The van der Waals surface area contributed by atoms with E-state index in [1.807, 2.05) is 11.3 Å². The standard InChI is InChI=1S/C44H27NOS/c1-3-11-28(12-4-1)30-21-23-40-37(26-30)35-19-10-18-34(43(35)46-40)32-14-9-13-29(25-32)31-22-24-41-38(27-31)42-44(47-41)36-17-7-8-20-39(36)45(42)33-15-5-2-6-16-33/h1-27H. The zero-order valence-corrected chi connectivity index (χ0v) is 26.2. The molecule has 0 unspecified atom stereocenters. The van der Waals surface area contributed by atoms with Crippen LogP contribution in [-0.2, 0) is 0 Å². The number of rotatable bonds is 4. The van der Waals surface area contributed by atoms with Crippen LogP contribution in [0.15, 0.2) is 168 Å². The fourth-order valence-corrected chi connectivity index (χ4v) is 8.40. The first kappa shape index (κ1) is 26.3. The third-order valence-corrected chi connectivity index (χ3v) is 10.6. The fraction of sp³-hybridized carbons (Fsp3) is 0. The van der Waals surface area contributed by atoms with Crippen molar-refractivity contribution in [3.05, 3.63) is 164 Å². The summed E-state index contributed by atoms with van der Waals surface area (Å²) in [7, 11) is 0. The van der Waals surface area contributed by atoms with E-state index < -0.39 is 0 Å². The molecule has 0 radical (unpaired) electrons. The van der Waals surface area contributed by atoms with Gasteiger partial charge in [0, 0.05) is 37.5 Å². The average molecular weight is 618 g/mol. The second-order valence-electron chi connectivity index (χ2n) is 12.1. The molecule has 0 aliphatic heterocycles. The lowest BCUT2D eigenvalue weighted by Crippen LogP contribution is -1.92. The predicted molar refractivity (Wildman–Crippen MR) is 200 cm³/mol. The Morgan fingerprint density at radius 1 is 0.447 bits per heavy atom. The van der Waals surface area contributed by atoms with Gasteiger partial charge in [0.05, 0.1) is 15.7 Å². The van der Waals surface area contributed by atoms with Crippen molar-refractivity contribution in [2.75, 3.05) is 0 Å². The molecule has 0 fully saturated rings. The highest BCUT2D eigenvalue weighted by Gasteiger charge is 2.19. The highest BCUT2D eigenvalue weighted by atomic mass is 32.1. The van der Waals surface area contributed by atoms with Gasteiger partial charge in [0.2, 0.25) is 0 Å². The summed E-state index contributed by atoms with van der Waals surface area (Å²) in [5, 5.41) is 4.85. The molecule has 47 heavy (non-hydrogen) atoms. The van der Waals surface area contributed by atoms with Crippen LogP contribution < -0.4 is 0 Å². The largest absolute Gasteiger partial charge is 0.455 e. The van der Waals surface area contributed by atoms with Crippen molar-refractivity contribution in [2.45, 2.75) is 0 Å². The van der Waals surface area contributed by atoms with E-state index in [0.29, 0.717) is 0 Å². The Balaban J connectivity index is 1.12. The minimum Gasteiger partial charge on any atom is -0.455 e. The van der Waals surface area contributed by atoms with Gasteiger partial charge in [0.25, 0.3) is 0 Å². The molecule has 3 aromatic heterocycles. The van der Waals surface area contributed by atoms with E-state index in [4.69, 9.17) is 4.42 Å². The first-order chi connectivity index (χ1) is 23.3. The van der Waals surface area contributed by atoms with Gasteiger partial charge in [-0.15, -0.1) is 11.3 Å². The molecular formula is C44H27NOS. The van der Waals surface area contributed by atoms with Gasteiger partial charge in [0.1, 0.15) is 11.2 Å². The fourth-order valence-electron chi connectivity index (χ4n) is 7.20. The Bertz CT molecular complexity index is 2780. The monoisotopic (exact) mass is 617 g/mol. The number of hydrogen-bond acceptors (Lipinski definition) is 2. The molecular weight excluding hydrogens is 591 g/mol. The first-order valence-corrected chi connectivity index (χ1v) is 16.7. The lowest BCUT2D eigenvalue weighted by atomic mass is 9.97. The third kappa shape index (κ3) is 4.10. The number of hydrogen-bond donors (Lipinski definition) is 0. The molecule has 10 rings (SSSR count). The minimum atomic E-state index is 0.906. The van der Waals surface area contributed by atoms with Gasteiger partial charge in [-0.25, -0.2) is 0 Å². The number of benzene rings is 7. The zero-order chi connectivity index (χ0) is 30.9.